The number of anilines is 1. The molecule has 3 nitrogen and oxygen atoms in total. The van der Waals surface area contributed by atoms with Crippen LogP contribution in [0.4, 0.5) is 27.6 Å². The van der Waals surface area contributed by atoms with Crippen molar-refractivity contribution in [2.24, 2.45) is 0 Å². The number of amides is 1. The predicted octanol–water partition coefficient (Wildman–Crippen LogP) is 6.59. The van der Waals surface area contributed by atoms with Crippen LogP contribution in [0.2, 0.25) is 0 Å². The van der Waals surface area contributed by atoms with Gasteiger partial charge in [0.05, 0.1) is 16.8 Å². The maximum absolute atomic E-state index is 13.8. The van der Waals surface area contributed by atoms with Crippen LogP contribution in [-0.4, -0.2) is 10.5 Å². The summed E-state index contributed by atoms with van der Waals surface area (Å²) in [6, 6.07) is 9.98. The lowest BCUT2D eigenvalue weighted by Gasteiger charge is -2.13. The third kappa shape index (κ3) is 4.01. The Morgan fingerprint density at radius 1 is 1.00 bits per heavy atom. The molecule has 1 aliphatic heterocycles. The Morgan fingerprint density at radius 2 is 1.74 bits per heavy atom. The molecule has 0 bridgehead atoms. The van der Waals surface area contributed by atoms with Gasteiger partial charge in [-0.15, -0.1) is 0 Å². The van der Waals surface area contributed by atoms with Crippen LogP contribution in [0.3, 0.4) is 0 Å². The van der Waals surface area contributed by atoms with Crippen LogP contribution in [0.25, 0.3) is 23.5 Å². The van der Waals surface area contributed by atoms with Crippen molar-refractivity contribution in [3.8, 4) is 11.3 Å². The second kappa shape index (κ2) is 7.86. The van der Waals surface area contributed by atoms with Crippen molar-refractivity contribution >= 4 is 23.9 Å². The highest BCUT2D eigenvalue weighted by molar-refractivity contribution is 6.04. The molecule has 31 heavy (non-hydrogen) atoms. The Morgan fingerprint density at radius 3 is 2.45 bits per heavy atom. The number of aromatic nitrogens is 1. The normalized spacial score (nSPS) is 13.1. The minimum absolute atomic E-state index is 0.0284. The molecule has 2 heterocycles. The second-order valence-electron chi connectivity index (χ2n) is 6.85. The summed E-state index contributed by atoms with van der Waals surface area (Å²) in [7, 11) is 0. The van der Waals surface area contributed by atoms with E-state index in [2.05, 4.69) is 5.32 Å². The molecule has 8 heteroatoms. The number of nitrogens with zero attached hydrogens (tertiary/aromatic N) is 1. The Hall–Kier alpha value is -3.68. The van der Waals surface area contributed by atoms with E-state index >= 15 is 0 Å². The number of carbonyl (C=O) groups is 1. The molecule has 1 aromatic heterocycles. The number of fused-ring (bicyclic) bond motifs is 1. The first kappa shape index (κ1) is 20.6. The van der Waals surface area contributed by atoms with Gasteiger partial charge in [0, 0.05) is 17.6 Å². The van der Waals surface area contributed by atoms with Crippen LogP contribution >= 0.6 is 0 Å². The lowest BCUT2D eigenvalue weighted by atomic mass is 10.1. The fourth-order valence-corrected chi connectivity index (χ4v) is 3.37. The molecule has 1 amide bonds. The molecule has 0 radical (unpaired) electrons. The van der Waals surface area contributed by atoms with E-state index in [4.69, 9.17) is 0 Å². The van der Waals surface area contributed by atoms with Gasteiger partial charge in [0.25, 0.3) is 5.91 Å². The number of halogens is 5. The fourth-order valence-electron chi connectivity index (χ4n) is 3.37. The van der Waals surface area contributed by atoms with Gasteiger partial charge in [0.15, 0.2) is 11.6 Å². The van der Waals surface area contributed by atoms with Gasteiger partial charge in [-0.05, 0) is 48.4 Å². The monoisotopic (exact) mass is 430 g/mol. The van der Waals surface area contributed by atoms with Crippen molar-refractivity contribution in [3.05, 3.63) is 89.1 Å². The van der Waals surface area contributed by atoms with Crippen molar-refractivity contribution in [3.63, 3.8) is 0 Å². The first-order chi connectivity index (χ1) is 14.8. The SMILES string of the molecule is O=C(Nc1ccc(-c2c(C(F)(F)F)cc3n2C=CCC=C3)cc1)c1cccc(F)c1F. The molecular formula is C23H15F5N2O. The number of benzene rings is 2. The third-order valence-corrected chi connectivity index (χ3v) is 4.80. The predicted molar refractivity (Wildman–Crippen MR) is 108 cm³/mol. The molecule has 1 N–H and O–H groups in total. The summed E-state index contributed by atoms with van der Waals surface area (Å²) in [6.07, 6.45) is 2.77. The summed E-state index contributed by atoms with van der Waals surface area (Å²) in [5.74, 6) is -3.30. The molecule has 158 valence electrons. The maximum Gasteiger partial charge on any atom is 0.418 e. The summed E-state index contributed by atoms with van der Waals surface area (Å²) < 4.78 is 69.5. The van der Waals surface area contributed by atoms with Gasteiger partial charge in [-0.3, -0.25) is 4.79 Å². The largest absolute Gasteiger partial charge is 0.418 e. The van der Waals surface area contributed by atoms with Crippen LogP contribution in [0.1, 0.15) is 28.0 Å². The van der Waals surface area contributed by atoms with E-state index in [0.29, 0.717) is 12.1 Å². The van der Waals surface area contributed by atoms with E-state index in [9.17, 15) is 26.7 Å². The van der Waals surface area contributed by atoms with Gasteiger partial charge in [0.2, 0.25) is 0 Å². The van der Waals surface area contributed by atoms with Gasteiger partial charge in [-0.1, -0.05) is 30.4 Å². The second-order valence-corrected chi connectivity index (χ2v) is 6.85. The molecule has 0 saturated heterocycles. The minimum Gasteiger partial charge on any atom is -0.322 e. The summed E-state index contributed by atoms with van der Waals surface area (Å²) in [5, 5.41) is 2.42. The molecule has 3 aromatic rings. The van der Waals surface area contributed by atoms with Crippen molar-refractivity contribution in [2.45, 2.75) is 12.6 Å². The van der Waals surface area contributed by atoms with Crippen LogP contribution in [0.5, 0.6) is 0 Å². The van der Waals surface area contributed by atoms with Crippen LogP contribution < -0.4 is 5.32 Å². The lowest BCUT2D eigenvalue weighted by molar-refractivity contribution is -0.137. The van der Waals surface area contributed by atoms with E-state index < -0.39 is 34.8 Å². The number of allylic oxidation sites excluding steroid dienone is 2. The van der Waals surface area contributed by atoms with Crippen molar-refractivity contribution < 1.29 is 26.7 Å². The van der Waals surface area contributed by atoms with E-state index in [0.717, 1.165) is 18.2 Å². The summed E-state index contributed by atoms with van der Waals surface area (Å²) >= 11 is 0. The van der Waals surface area contributed by atoms with Gasteiger partial charge < -0.3 is 9.88 Å². The molecule has 4 rings (SSSR count). The standard InChI is InChI=1S/C23H15F5N2O/c24-19-7-4-6-17(20(19)25)22(31)29-15-10-8-14(9-11-15)21-18(23(26,27)28)13-16-5-2-1-3-12-30(16)21/h2-13H,1H2,(H,29,31). The number of carbonyl (C=O) groups excluding carboxylic acids is 1. The molecule has 0 unspecified atom stereocenters. The highest BCUT2D eigenvalue weighted by Gasteiger charge is 2.37. The number of rotatable bonds is 3. The molecule has 0 aliphatic carbocycles. The Balaban J connectivity index is 1.68. The smallest absolute Gasteiger partial charge is 0.322 e. The third-order valence-electron chi connectivity index (χ3n) is 4.80. The lowest BCUT2D eigenvalue weighted by Crippen LogP contribution is -2.14. The van der Waals surface area contributed by atoms with Crippen LogP contribution in [0.15, 0.2) is 60.7 Å². The maximum atomic E-state index is 13.8. The summed E-state index contributed by atoms with van der Waals surface area (Å²) in [6.45, 7) is 0. The average molecular weight is 430 g/mol. The van der Waals surface area contributed by atoms with Gasteiger partial charge in [-0.25, -0.2) is 8.78 Å². The summed E-state index contributed by atoms with van der Waals surface area (Å²) in [5.41, 5.74) is -0.374. The quantitative estimate of drug-likeness (QED) is 0.467. The molecule has 2 aromatic carbocycles. The van der Waals surface area contributed by atoms with Crippen molar-refractivity contribution in [2.75, 3.05) is 5.32 Å². The van der Waals surface area contributed by atoms with Gasteiger partial charge in [0.1, 0.15) is 0 Å². The molecule has 0 saturated carbocycles. The highest BCUT2D eigenvalue weighted by atomic mass is 19.4. The van der Waals surface area contributed by atoms with Crippen molar-refractivity contribution in [1.29, 1.82) is 0 Å². The van der Waals surface area contributed by atoms with Gasteiger partial charge >= 0.3 is 6.18 Å². The van der Waals surface area contributed by atoms with E-state index in [-0.39, 0.29) is 16.9 Å². The number of hydrogen-bond donors (Lipinski definition) is 1. The average Bonchev–Trinajstić information content (AvgIpc) is 2.94. The fraction of sp³-hybridized carbons (Fsp3) is 0.0870. The first-order valence-electron chi connectivity index (χ1n) is 9.27. The molecular weight excluding hydrogens is 415 g/mol. The van der Waals surface area contributed by atoms with E-state index in [1.165, 1.54) is 34.9 Å². The molecule has 1 aliphatic rings. The van der Waals surface area contributed by atoms with Crippen LogP contribution in [0, 0.1) is 11.6 Å². The van der Waals surface area contributed by atoms with Crippen LogP contribution in [-0.2, 0) is 6.18 Å². The topological polar surface area (TPSA) is 34.0 Å². The zero-order valence-corrected chi connectivity index (χ0v) is 15.9. The first-order valence-corrected chi connectivity index (χ1v) is 9.27. The van der Waals surface area contributed by atoms with Gasteiger partial charge in [-0.2, -0.15) is 13.2 Å². The Labute approximate surface area is 174 Å². The highest BCUT2D eigenvalue weighted by Crippen LogP contribution is 2.40. The molecule has 0 spiro atoms. The summed E-state index contributed by atoms with van der Waals surface area (Å²) in [4.78, 5) is 12.2. The number of nitrogens with one attached hydrogen (secondary N) is 1. The molecule has 0 atom stereocenters. The van der Waals surface area contributed by atoms with Crippen molar-refractivity contribution in [1.82, 2.24) is 4.57 Å². The Kier molecular flexibility index (Phi) is 5.22. The Bertz CT molecular complexity index is 1200. The van der Waals surface area contributed by atoms with E-state index in [1.54, 1.807) is 24.4 Å². The minimum atomic E-state index is -4.56. The zero-order chi connectivity index (χ0) is 22.2. The number of hydrogen-bond acceptors (Lipinski definition) is 1. The van der Waals surface area contributed by atoms with E-state index in [1.807, 2.05) is 0 Å². The molecule has 0 fully saturated rings. The number of alkyl halides is 3. The zero-order valence-electron chi connectivity index (χ0n) is 15.9.